The van der Waals surface area contributed by atoms with E-state index in [1.165, 1.54) is 72.8 Å². The Morgan fingerprint density at radius 2 is 0.584 bits per heavy atom. The third-order valence-electron chi connectivity index (χ3n) is 15.9. The molecular formula is C78H47BrF6IrN3. The second-order valence-electron chi connectivity index (χ2n) is 21.6. The molecule has 0 aliphatic carbocycles. The summed E-state index contributed by atoms with van der Waals surface area (Å²) in [6, 6.07) is 69.7. The Kier molecular flexibility index (Phi) is 16.9. The number of hydrogen-bond donors (Lipinski definition) is 0. The molecule has 3 heterocycles. The third kappa shape index (κ3) is 12.5. The first kappa shape index (κ1) is 59.7. The monoisotopic (exact) mass is 1410 g/mol. The molecule has 0 amide bonds. The van der Waals surface area contributed by atoms with Crippen LogP contribution >= 0.6 is 15.9 Å². The summed E-state index contributed by atoms with van der Waals surface area (Å²) in [4.78, 5) is 14.3. The number of hydrogen-bond acceptors (Lipinski definition) is 3. The van der Waals surface area contributed by atoms with Gasteiger partial charge >= 0.3 is 20.1 Å². The van der Waals surface area contributed by atoms with Crippen molar-refractivity contribution >= 4 is 15.9 Å². The van der Waals surface area contributed by atoms with E-state index in [9.17, 15) is 13.2 Å². The average Bonchev–Trinajstić information content (AvgIpc) is 3.04. The minimum atomic E-state index is -0.468. The van der Waals surface area contributed by atoms with E-state index in [4.69, 9.17) is 15.0 Å². The van der Waals surface area contributed by atoms with Gasteiger partial charge in [0.15, 0.2) is 0 Å². The number of halogens is 7. The van der Waals surface area contributed by atoms with Gasteiger partial charge in [-0.05, 0) is 212 Å². The maximum absolute atomic E-state index is 15.9. The Hall–Kier alpha value is -9.64. The van der Waals surface area contributed by atoms with Crippen molar-refractivity contribution in [3.8, 4) is 134 Å². The summed E-state index contributed by atoms with van der Waals surface area (Å²) in [5.74, 6) is -2.35. The number of benzene rings is 10. The second-order valence-corrected chi connectivity index (χ2v) is 22.5. The van der Waals surface area contributed by atoms with Crippen LogP contribution in [-0.2, 0) is 20.1 Å². The molecular weight excluding hydrogens is 1360 g/mol. The van der Waals surface area contributed by atoms with E-state index in [1.807, 2.05) is 99.6 Å². The summed E-state index contributed by atoms with van der Waals surface area (Å²) in [6.45, 7) is 5.92. The van der Waals surface area contributed by atoms with Gasteiger partial charge in [0, 0.05) is 35.3 Å². The van der Waals surface area contributed by atoms with E-state index < -0.39 is 17.5 Å². The van der Waals surface area contributed by atoms with Crippen LogP contribution in [0.4, 0.5) is 26.3 Å². The Bertz CT molecular complexity index is 4620. The summed E-state index contributed by atoms with van der Waals surface area (Å²) in [7, 11) is 0. The van der Waals surface area contributed by atoms with Crippen LogP contribution in [0.15, 0.2) is 235 Å². The Morgan fingerprint density at radius 1 is 0.270 bits per heavy atom. The van der Waals surface area contributed by atoms with Crippen molar-refractivity contribution < 1.29 is 46.4 Å². The van der Waals surface area contributed by atoms with Gasteiger partial charge in [-0.3, -0.25) is 0 Å². The molecule has 3 nitrogen and oxygen atoms in total. The number of rotatable bonds is 12. The first-order chi connectivity index (χ1) is 42.7. The average molecular weight is 1410 g/mol. The largest absolute Gasteiger partial charge is 3.00 e. The van der Waals surface area contributed by atoms with Crippen molar-refractivity contribution in [3.05, 3.63) is 305 Å². The maximum Gasteiger partial charge on any atom is 3.00 e. The zero-order valence-electron chi connectivity index (χ0n) is 47.8. The molecule has 0 radical (unpaired) electrons. The molecule has 0 unspecified atom stereocenters. The Morgan fingerprint density at radius 3 is 0.921 bits per heavy atom. The van der Waals surface area contributed by atoms with Crippen molar-refractivity contribution in [2.24, 2.45) is 0 Å². The molecule has 13 rings (SSSR count). The first-order valence-corrected chi connectivity index (χ1v) is 29.0. The van der Waals surface area contributed by atoms with Crippen LogP contribution in [0.1, 0.15) is 16.7 Å². The van der Waals surface area contributed by atoms with Crippen LogP contribution in [0.3, 0.4) is 0 Å². The van der Waals surface area contributed by atoms with Gasteiger partial charge in [0.25, 0.3) is 0 Å². The fraction of sp³-hybridized carbons (Fsp3) is 0.0385. The van der Waals surface area contributed by atoms with Gasteiger partial charge in [0.1, 0.15) is 34.9 Å². The van der Waals surface area contributed by atoms with Crippen molar-refractivity contribution in [1.29, 1.82) is 0 Å². The van der Waals surface area contributed by atoms with Gasteiger partial charge in [-0.25, -0.2) is 26.3 Å². The van der Waals surface area contributed by atoms with Crippen LogP contribution in [0, 0.1) is 73.9 Å². The molecule has 0 bridgehead atoms. The van der Waals surface area contributed by atoms with E-state index in [0.717, 1.165) is 50.1 Å². The Labute approximate surface area is 533 Å². The topological polar surface area (TPSA) is 38.7 Å². The van der Waals surface area contributed by atoms with E-state index >= 15 is 13.2 Å². The molecule has 0 aliphatic heterocycles. The molecule has 0 spiro atoms. The summed E-state index contributed by atoms with van der Waals surface area (Å²) in [6.07, 6.45) is 5.29. The van der Waals surface area contributed by atoms with Gasteiger partial charge in [-0.1, -0.05) is 110 Å². The van der Waals surface area contributed by atoms with Crippen LogP contribution in [-0.4, -0.2) is 15.0 Å². The molecule has 0 atom stereocenters. The van der Waals surface area contributed by atoms with Crippen LogP contribution in [0.5, 0.6) is 0 Å². The van der Waals surface area contributed by atoms with Crippen molar-refractivity contribution in [1.82, 2.24) is 15.0 Å². The normalized spacial score (nSPS) is 11.2. The number of aromatic nitrogens is 3. The van der Waals surface area contributed by atoms with Gasteiger partial charge in [0.05, 0.1) is 0 Å². The minimum absolute atomic E-state index is 0. The van der Waals surface area contributed by atoms with Crippen LogP contribution in [0.2, 0.25) is 0 Å². The summed E-state index contributed by atoms with van der Waals surface area (Å²) >= 11 is 3.84. The summed E-state index contributed by atoms with van der Waals surface area (Å²) in [5.41, 5.74) is 19.8. The molecule has 13 aromatic rings. The maximum atomic E-state index is 15.9. The van der Waals surface area contributed by atoms with Crippen molar-refractivity contribution in [2.75, 3.05) is 0 Å². The van der Waals surface area contributed by atoms with Gasteiger partial charge in [-0.15, -0.1) is 83.4 Å². The predicted octanol–water partition coefficient (Wildman–Crippen LogP) is 21.8. The smallest absolute Gasteiger partial charge is 0.304 e. The fourth-order valence-electron chi connectivity index (χ4n) is 11.3. The van der Waals surface area contributed by atoms with Gasteiger partial charge in [-0.2, -0.15) is 0 Å². The van der Waals surface area contributed by atoms with E-state index in [1.54, 1.807) is 79.3 Å². The predicted molar refractivity (Wildman–Crippen MR) is 343 cm³/mol. The molecule has 0 N–H and O–H groups in total. The SMILES string of the molecule is Cc1cc(-c2[c-]cc(-c3cc(F)ccc3-c3cc(-c4ccc(F)cc4-c4c[c-]c(-c5cc(C)c(-c6ccc(F)cc6)cn5)cc4)cc(-c4ccc(F)cc4-c4c[c-]c(-c5cc(C)c(-c6ccc(F)cc6)cn5)cc4Br)c3)cc2)ncc1-c1ccc(F)cc1.[Ir+3]. The molecule has 0 aliphatic rings. The quantitative estimate of drug-likeness (QED) is 0.0904. The van der Waals surface area contributed by atoms with Crippen LogP contribution < -0.4 is 0 Å². The molecule has 89 heavy (non-hydrogen) atoms. The minimum Gasteiger partial charge on any atom is -0.304 e. The summed E-state index contributed by atoms with van der Waals surface area (Å²) < 4.78 is 89.4. The van der Waals surface area contributed by atoms with E-state index in [2.05, 4.69) is 34.1 Å². The first-order valence-electron chi connectivity index (χ1n) is 28.2. The van der Waals surface area contributed by atoms with E-state index in [-0.39, 0.29) is 37.6 Å². The Balaban J connectivity index is 0.00000769. The van der Waals surface area contributed by atoms with Crippen molar-refractivity contribution in [3.63, 3.8) is 0 Å². The number of nitrogens with zero attached hydrogens (tertiary/aromatic N) is 3. The standard InChI is InChI=1S/C78H47BrF6N3.Ir/c1-45-32-76(86-42-72(45)50-12-19-59(80)20-13-50)53-8-4-48(5-9-53)69-39-62(83)25-29-65(69)56-35-57(66-30-26-63(84)40-70(66)49-6-10-54(11-7-49)77-33-46(2)73(43-87-77)51-14-21-60(81)22-15-51)37-58(36-56)67-31-27-64(85)41-71(67)68-28-18-55(38-75(68)79)78-34-47(3)74(44-88-78)52-16-23-61(82)24-17-52;/h4-8,10,12-17,19-44H,1-3H3;/q-3;+3. The molecule has 432 valence electrons. The fourth-order valence-corrected chi connectivity index (χ4v) is 11.9. The second kappa shape index (κ2) is 25.2. The zero-order valence-corrected chi connectivity index (χ0v) is 51.7. The van der Waals surface area contributed by atoms with Gasteiger partial charge < -0.3 is 15.0 Å². The molecule has 3 aromatic heterocycles. The molecule has 11 heteroatoms. The van der Waals surface area contributed by atoms with E-state index in [0.29, 0.717) is 105 Å². The molecule has 0 saturated heterocycles. The molecule has 0 fully saturated rings. The number of aryl methyl sites for hydroxylation is 3. The van der Waals surface area contributed by atoms with Crippen LogP contribution in [0.25, 0.3) is 134 Å². The van der Waals surface area contributed by atoms with Gasteiger partial charge in [0.2, 0.25) is 0 Å². The molecule has 0 saturated carbocycles. The number of pyridine rings is 3. The molecule has 10 aromatic carbocycles. The zero-order chi connectivity index (χ0) is 60.7. The third-order valence-corrected chi connectivity index (χ3v) is 16.5. The van der Waals surface area contributed by atoms with Crippen molar-refractivity contribution in [2.45, 2.75) is 20.8 Å². The summed E-state index contributed by atoms with van der Waals surface area (Å²) in [5, 5.41) is 0.